The number of carbonyl (C=O) groups is 1. The van der Waals surface area contributed by atoms with Crippen LogP contribution in [0.1, 0.15) is 0 Å². The Morgan fingerprint density at radius 1 is 1.15 bits per heavy atom. The normalized spacial score (nSPS) is 11.8. The Morgan fingerprint density at radius 2 is 1.75 bits per heavy atom. The highest BCUT2D eigenvalue weighted by Crippen LogP contribution is 2.08. The van der Waals surface area contributed by atoms with Crippen molar-refractivity contribution in [1.82, 2.24) is 9.44 Å². The van der Waals surface area contributed by atoms with Crippen LogP contribution >= 0.6 is 0 Å². The SMILES string of the molecule is C=CC(=O)NCCS(=O)(=O)NS(=O)(=O)c1ccccc1. The third kappa shape index (κ3) is 5.11. The molecule has 0 saturated heterocycles. The van der Waals surface area contributed by atoms with Gasteiger partial charge >= 0.3 is 0 Å². The highest BCUT2D eigenvalue weighted by molar-refractivity contribution is 8.04. The summed E-state index contributed by atoms with van der Waals surface area (Å²) in [7, 11) is -8.22. The molecule has 0 bridgehead atoms. The Kier molecular flexibility index (Phi) is 5.43. The maximum atomic E-state index is 11.8. The molecule has 0 unspecified atom stereocenters. The number of benzene rings is 1. The lowest BCUT2D eigenvalue weighted by atomic mass is 10.4. The van der Waals surface area contributed by atoms with E-state index in [1.54, 1.807) is 10.2 Å². The number of hydrogen-bond donors (Lipinski definition) is 2. The summed E-state index contributed by atoms with van der Waals surface area (Å²) < 4.78 is 48.5. The minimum Gasteiger partial charge on any atom is -0.351 e. The molecule has 20 heavy (non-hydrogen) atoms. The van der Waals surface area contributed by atoms with Crippen LogP contribution in [0.5, 0.6) is 0 Å². The molecule has 1 amide bonds. The third-order valence-electron chi connectivity index (χ3n) is 2.15. The Hall–Kier alpha value is -1.71. The van der Waals surface area contributed by atoms with E-state index >= 15 is 0 Å². The van der Waals surface area contributed by atoms with Crippen molar-refractivity contribution in [3.63, 3.8) is 0 Å². The maximum absolute atomic E-state index is 11.8. The summed E-state index contributed by atoms with van der Waals surface area (Å²) in [6.45, 7) is 2.98. The van der Waals surface area contributed by atoms with Crippen LogP contribution in [0, 0.1) is 0 Å². The first-order valence-electron chi connectivity index (χ1n) is 5.48. The lowest BCUT2D eigenvalue weighted by Gasteiger charge is -2.08. The van der Waals surface area contributed by atoms with Crippen LogP contribution in [0.2, 0.25) is 0 Å². The Bertz CT molecular complexity index is 681. The van der Waals surface area contributed by atoms with Crippen molar-refractivity contribution in [3.05, 3.63) is 43.0 Å². The van der Waals surface area contributed by atoms with Gasteiger partial charge in [0.15, 0.2) is 0 Å². The van der Waals surface area contributed by atoms with Gasteiger partial charge < -0.3 is 5.32 Å². The fourth-order valence-corrected chi connectivity index (χ4v) is 4.18. The van der Waals surface area contributed by atoms with Crippen molar-refractivity contribution >= 4 is 26.0 Å². The maximum Gasteiger partial charge on any atom is 0.253 e. The van der Waals surface area contributed by atoms with Crippen LogP contribution in [0.15, 0.2) is 47.9 Å². The average molecular weight is 318 g/mol. The number of nitrogens with one attached hydrogen (secondary N) is 2. The zero-order chi connectivity index (χ0) is 15.2. The first-order valence-corrected chi connectivity index (χ1v) is 8.62. The van der Waals surface area contributed by atoms with E-state index in [0.29, 0.717) is 0 Å². The standard InChI is InChI=1S/C11H14N2O5S2/c1-2-11(14)12-8-9-19(15,16)13-20(17,18)10-6-4-3-5-7-10/h2-7,13H,1,8-9H2,(H,12,14). The van der Waals surface area contributed by atoms with Crippen molar-refractivity contribution in [1.29, 1.82) is 0 Å². The second-order valence-electron chi connectivity index (χ2n) is 3.71. The fraction of sp³-hybridized carbons (Fsp3) is 0.182. The third-order valence-corrected chi connectivity index (χ3v) is 5.67. The Morgan fingerprint density at radius 3 is 2.30 bits per heavy atom. The number of carbonyl (C=O) groups excluding carboxylic acids is 1. The zero-order valence-electron chi connectivity index (χ0n) is 10.4. The van der Waals surface area contributed by atoms with Crippen molar-refractivity contribution in [2.75, 3.05) is 12.3 Å². The molecule has 1 rings (SSSR count). The largest absolute Gasteiger partial charge is 0.351 e. The molecule has 110 valence electrons. The van der Waals surface area contributed by atoms with Gasteiger partial charge in [-0.1, -0.05) is 24.8 Å². The molecule has 0 aliphatic carbocycles. The Labute approximate surface area is 117 Å². The first kappa shape index (κ1) is 16.3. The second-order valence-corrected chi connectivity index (χ2v) is 7.50. The summed E-state index contributed by atoms with van der Waals surface area (Å²) in [6.07, 6.45) is 0.987. The molecule has 0 atom stereocenters. The van der Waals surface area contributed by atoms with Crippen LogP contribution in [-0.4, -0.2) is 35.0 Å². The van der Waals surface area contributed by atoms with Gasteiger partial charge in [0.2, 0.25) is 15.9 Å². The van der Waals surface area contributed by atoms with E-state index in [9.17, 15) is 21.6 Å². The fourth-order valence-electron chi connectivity index (χ4n) is 1.24. The summed E-state index contributed by atoms with van der Waals surface area (Å²) in [5.41, 5.74) is 0. The molecule has 0 spiro atoms. The molecule has 0 aromatic heterocycles. The molecule has 0 radical (unpaired) electrons. The van der Waals surface area contributed by atoms with Crippen LogP contribution in [-0.2, 0) is 24.8 Å². The highest BCUT2D eigenvalue weighted by Gasteiger charge is 2.22. The summed E-state index contributed by atoms with van der Waals surface area (Å²) in [6, 6.07) is 7.12. The molecule has 0 heterocycles. The molecule has 9 heteroatoms. The number of amides is 1. The number of sulfonamides is 2. The minimum absolute atomic E-state index is 0.154. The number of hydrogen-bond acceptors (Lipinski definition) is 5. The Balaban J connectivity index is 2.71. The monoisotopic (exact) mass is 318 g/mol. The van der Waals surface area contributed by atoms with Crippen molar-refractivity contribution < 1.29 is 21.6 Å². The number of rotatable bonds is 7. The van der Waals surface area contributed by atoms with Gasteiger partial charge in [0.25, 0.3) is 10.0 Å². The molecule has 0 aliphatic rings. The molecule has 0 aliphatic heterocycles. The van der Waals surface area contributed by atoms with E-state index in [-0.39, 0.29) is 11.4 Å². The van der Waals surface area contributed by atoms with Crippen LogP contribution < -0.4 is 9.44 Å². The van der Waals surface area contributed by atoms with Crippen LogP contribution in [0.4, 0.5) is 0 Å². The predicted octanol–water partition coefficient (Wildman–Crippen LogP) is -0.403. The summed E-state index contributed by atoms with van der Waals surface area (Å²) in [5.74, 6) is -1.09. The summed E-state index contributed by atoms with van der Waals surface area (Å²) >= 11 is 0. The van der Waals surface area contributed by atoms with E-state index in [4.69, 9.17) is 0 Å². The average Bonchev–Trinajstić information content (AvgIpc) is 2.38. The van der Waals surface area contributed by atoms with Crippen molar-refractivity contribution in [2.24, 2.45) is 0 Å². The minimum atomic E-state index is -4.15. The first-order chi connectivity index (χ1) is 9.27. The van der Waals surface area contributed by atoms with Gasteiger partial charge in [-0.05, 0) is 18.2 Å². The van der Waals surface area contributed by atoms with Gasteiger partial charge in [0.05, 0.1) is 10.6 Å². The zero-order valence-corrected chi connectivity index (χ0v) is 12.1. The van der Waals surface area contributed by atoms with Gasteiger partial charge in [0, 0.05) is 6.54 Å². The van der Waals surface area contributed by atoms with Gasteiger partial charge in [-0.25, -0.2) is 16.8 Å². The van der Waals surface area contributed by atoms with E-state index in [1.807, 2.05) is 0 Å². The molecule has 1 aromatic rings. The van der Waals surface area contributed by atoms with Gasteiger partial charge in [-0.15, -0.1) is 4.13 Å². The molecule has 1 aromatic carbocycles. The summed E-state index contributed by atoms with van der Waals surface area (Å²) in [5, 5.41) is 2.24. The summed E-state index contributed by atoms with van der Waals surface area (Å²) in [4.78, 5) is 10.7. The van der Waals surface area contributed by atoms with Gasteiger partial charge in [-0.3, -0.25) is 4.79 Å². The van der Waals surface area contributed by atoms with Crippen molar-refractivity contribution in [2.45, 2.75) is 4.90 Å². The van der Waals surface area contributed by atoms with Gasteiger partial charge in [0.1, 0.15) is 0 Å². The topological polar surface area (TPSA) is 109 Å². The van der Waals surface area contributed by atoms with E-state index < -0.39 is 31.7 Å². The van der Waals surface area contributed by atoms with E-state index in [0.717, 1.165) is 6.08 Å². The molecule has 7 nitrogen and oxygen atoms in total. The second kappa shape index (κ2) is 6.64. The van der Waals surface area contributed by atoms with Gasteiger partial charge in [-0.2, -0.15) is 0 Å². The molecule has 0 fully saturated rings. The molecular formula is C11H14N2O5S2. The van der Waals surface area contributed by atoms with E-state index in [2.05, 4.69) is 11.9 Å². The smallest absolute Gasteiger partial charge is 0.253 e. The van der Waals surface area contributed by atoms with E-state index in [1.165, 1.54) is 24.3 Å². The molecular weight excluding hydrogens is 304 g/mol. The van der Waals surface area contributed by atoms with Crippen LogP contribution in [0.3, 0.4) is 0 Å². The predicted molar refractivity (Wildman–Crippen MR) is 73.8 cm³/mol. The van der Waals surface area contributed by atoms with Crippen LogP contribution in [0.25, 0.3) is 0 Å². The quantitative estimate of drug-likeness (QED) is 0.665. The molecule has 2 N–H and O–H groups in total. The molecule has 0 saturated carbocycles. The highest BCUT2D eigenvalue weighted by atomic mass is 32.3. The lowest BCUT2D eigenvalue weighted by molar-refractivity contribution is -0.116. The van der Waals surface area contributed by atoms with Crippen molar-refractivity contribution in [3.8, 4) is 0 Å². The lowest BCUT2D eigenvalue weighted by Crippen LogP contribution is -2.37.